The molecule has 0 bridgehead atoms. The Labute approximate surface area is 114 Å². The van der Waals surface area contributed by atoms with E-state index in [1.54, 1.807) is 7.11 Å². The molecule has 0 amide bonds. The summed E-state index contributed by atoms with van der Waals surface area (Å²) in [6, 6.07) is 4.49. The SMILES string of the molecule is CCCc1nc(CNC(C)C)c2cc(OC)ccn12. The number of nitrogens with one attached hydrogen (secondary N) is 1. The topological polar surface area (TPSA) is 38.6 Å². The lowest BCUT2D eigenvalue weighted by atomic mass is 10.3. The van der Waals surface area contributed by atoms with Crippen molar-refractivity contribution in [2.24, 2.45) is 0 Å². The van der Waals surface area contributed by atoms with Gasteiger partial charge in [-0.3, -0.25) is 0 Å². The molecule has 0 unspecified atom stereocenters. The molecule has 0 saturated heterocycles. The molecule has 19 heavy (non-hydrogen) atoms. The lowest BCUT2D eigenvalue weighted by Gasteiger charge is -2.06. The second kappa shape index (κ2) is 6.06. The summed E-state index contributed by atoms with van der Waals surface area (Å²) in [6.07, 6.45) is 4.14. The fraction of sp³-hybridized carbons (Fsp3) is 0.533. The smallest absolute Gasteiger partial charge is 0.122 e. The quantitative estimate of drug-likeness (QED) is 0.869. The fourth-order valence-electron chi connectivity index (χ4n) is 2.15. The maximum atomic E-state index is 5.31. The Morgan fingerprint density at radius 3 is 2.84 bits per heavy atom. The van der Waals surface area contributed by atoms with E-state index in [0.717, 1.165) is 42.2 Å². The van der Waals surface area contributed by atoms with Gasteiger partial charge in [-0.05, 0) is 12.5 Å². The number of nitrogens with zero attached hydrogens (tertiary/aromatic N) is 2. The third kappa shape index (κ3) is 3.07. The Balaban J connectivity index is 2.42. The zero-order valence-corrected chi connectivity index (χ0v) is 12.2. The van der Waals surface area contributed by atoms with Crippen LogP contribution in [0.1, 0.15) is 38.7 Å². The predicted molar refractivity (Wildman–Crippen MR) is 77.7 cm³/mol. The van der Waals surface area contributed by atoms with Crippen LogP contribution >= 0.6 is 0 Å². The van der Waals surface area contributed by atoms with E-state index in [1.807, 2.05) is 12.3 Å². The first-order chi connectivity index (χ1) is 9.15. The molecule has 2 rings (SSSR count). The van der Waals surface area contributed by atoms with E-state index in [4.69, 9.17) is 9.72 Å². The van der Waals surface area contributed by atoms with Gasteiger partial charge in [0.15, 0.2) is 0 Å². The maximum absolute atomic E-state index is 5.31. The van der Waals surface area contributed by atoms with Crippen LogP contribution in [0.3, 0.4) is 0 Å². The summed E-state index contributed by atoms with van der Waals surface area (Å²) in [7, 11) is 1.70. The molecular formula is C15H23N3O. The summed E-state index contributed by atoms with van der Waals surface area (Å²) in [5.74, 6) is 2.00. The standard InChI is InChI=1S/C15H23N3O/c1-5-6-15-17-13(10-16-11(2)3)14-9-12(19-4)7-8-18(14)15/h7-9,11,16H,5-6,10H2,1-4H3. The molecule has 0 aliphatic heterocycles. The van der Waals surface area contributed by atoms with Crippen molar-refractivity contribution in [3.8, 4) is 5.75 Å². The molecule has 4 nitrogen and oxygen atoms in total. The number of imidazole rings is 1. The van der Waals surface area contributed by atoms with Crippen LogP contribution in [0.4, 0.5) is 0 Å². The number of aryl methyl sites for hydroxylation is 1. The van der Waals surface area contributed by atoms with Crippen LogP contribution in [0.15, 0.2) is 18.3 Å². The van der Waals surface area contributed by atoms with Crippen molar-refractivity contribution in [2.45, 2.75) is 46.2 Å². The maximum Gasteiger partial charge on any atom is 0.122 e. The van der Waals surface area contributed by atoms with Crippen LogP contribution in [-0.4, -0.2) is 22.5 Å². The minimum atomic E-state index is 0.456. The minimum absolute atomic E-state index is 0.456. The van der Waals surface area contributed by atoms with E-state index in [-0.39, 0.29) is 0 Å². The average molecular weight is 261 g/mol. The van der Waals surface area contributed by atoms with Gasteiger partial charge >= 0.3 is 0 Å². The molecule has 2 aromatic rings. The number of pyridine rings is 1. The number of ether oxygens (including phenoxy) is 1. The first-order valence-corrected chi connectivity index (χ1v) is 6.93. The number of methoxy groups -OCH3 is 1. The zero-order valence-electron chi connectivity index (χ0n) is 12.2. The Morgan fingerprint density at radius 1 is 1.42 bits per heavy atom. The van der Waals surface area contributed by atoms with Gasteiger partial charge in [0.1, 0.15) is 11.6 Å². The van der Waals surface area contributed by atoms with Crippen molar-refractivity contribution >= 4 is 5.52 Å². The molecule has 1 N–H and O–H groups in total. The van der Waals surface area contributed by atoms with Crippen molar-refractivity contribution in [3.63, 3.8) is 0 Å². The fourth-order valence-corrected chi connectivity index (χ4v) is 2.15. The van der Waals surface area contributed by atoms with Crippen molar-refractivity contribution in [1.82, 2.24) is 14.7 Å². The molecule has 4 heteroatoms. The number of rotatable bonds is 6. The molecule has 0 spiro atoms. The lowest BCUT2D eigenvalue weighted by Crippen LogP contribution is -2.22. The second-order valence-corrected chi connectivity index (χ2v) is 5.08. The second-order valence-electron chi connectivity index (χ2n) is 5.08. The van der Waals surface area contributed by atoms with Crippen molar-refractivity contribution in [3.05, 3.63) is 29.8 Å². The Hall–Kier alpha value is -1.55. The van der Waals surface area contributed by atoms with Gasteiger partial charge in [-0.2, -0.15) is 0 Å². The molecule has 0 fully saturated rings. The van der Waals surface area contributed by atoms with Gasteiger partial charge in [0, 0.05) is 31.3 Å². The molecular weight excluding hydrogens is 238 g/mol. The first kappa shape index (κ1) is 13.9. The largest absolute Gasteiger partial charge is 0.497 e. The number of hydrogen-bond donors (Lipinski definition) is 1. The van der Waals surface area contributed by atoms with Crippen molar-refractivity contribution in [2.75, 3.05) is 7.11 Å². The summed E-state index contributed by atoms with van der Waals surface area (Å²) in [5, 5.41) is 3.43. The number of fused-ring (bicyclic) bond motifs is 1. The number of aromatic nitrogens is 2. The molecule has 0 radical (unpaired) electrons. The average Bonchev–Trinajstić information content (AvgIpc) is 2.74. The zero-order chi connectivity index (χ0) is 13.8. The first-order valence-electron chi connectivity index (χ1n) is 6.93. The molecule has 0 saturated carbocycles. The van der Waals surface area contributed by atoms with E-state index in [0.29, 0.717) is 6.04 Å². The Kier molecular flexibility index (Phi) is 4.43. The Morgan fingerprint density at radius 2 is 2.21 bits per heavy atom. The van der Waals surface area contributed by atoms with E-state index in [2.05, 4.69) is 36.6 Å². The molecule has 0 atom stereocenters. The molecule has 2 aromatic heterocycles. The molecule has 0 aliphatic rings. The van der Waals surface area contributed by atoms with Crippen LogP contribution in [0.25, 0.3) is 5.52 Å². The van der Waals surface area contributed by atoms with Crippen molar-refractivity contribution in [1.29, 1.82) is 0 Å². The van der Waals surface area contributed by atoms with E-state index < -0.39 is 0 Å². The van der Waals surface area contributed by atoms with E-state index in [9.17, 15) is 0 Å². The van der Waals surface area contributed by atoms with Crippen molar-refractivity contribution < 1.29 is 4.74 Å². The highest BCUT2D eigenvalue weighted by molar-refractivity contribution is 5.56. The third-order valence-electron chi connectivity index (χ3n) is 3.15. The highest BCUT2D eigenvalue weighted by atomic mass is 16.5. The normalized spacial score (nSPS) is 11.4. The number of hydrogen-bond acceptors (Lipinski definition) is 3. The molecule has 0 aromatic carbocycles. The predicted octanol–water partition coefficient (Wildman–Crippen LogP) is 2.79. The Bertz CT molecular complexity index is 546. The van der Waals surface area contributed by atoms with Gasteiger partial charge in [-0.15, -0.1) is 0 Å². The van der Waals surface area contributed by atoms with Crippen LogP contribution in [0.5, 0.6) is 5.75 Å². The van der Waals surface area contributed by atoms with Crippen LogP contribution in [-0.2, 0) is 13.0 Å². The summed E-state index contributed by atoms with van der Waals surface area (Å²) < 4.78 is 7.48. The molecule has 104 valence electrons. The van der Waals surface area contributed by atoms with Gasteiger partial charge < -0.3 is 14.5 Å². The van der Waals surface area contributed by atoms with Crippen LogP contribution in [0.2, 0.25) is 0 Å². The van der Waals surface area contributed by atoms with Gasteiger partial charge in [0.05, 0.1) is 18.3 Å². The molecule has 2 heterocycles. The van der Waals surface area contributed by atoms with Crippen LogP contribution < -0.4 is 10.1 Å². The summed E-state index contributed by atoms with van der Waals surface area (Å²) >= 11 is 0. The van der Waals surface area contributed by atoms with Crippen LogP contribution in [0, 0.1) is 0 Å². The molecule has 0 aliphatic carbocycles. The third-order valence-corrected chi connectivity index (χ3v) is 3.15. The van der Waals surface area contributed by atoms with Gasteiger partial charge in [-0.25, -0.2) is 4.98 Å². The summed E-state index contributed by atoms with van der Waals surface area (Å²) in [4.78, 5) is 4.77. The van der Waals surface area contributed by atoms with E-state index in [1.165, 1.54) is 0 Å². The van der Waals surface area contributed by atoms with Gasteiger partial charge in [0.25, 0.3) is 0 Å². The van der Waals surface area contributed by atoms with E-state index >= 15 is 0 Å². The lowest BCUT2D eigenvalue weighted by molar-refractivity contribution is 0.414. The summed E-state index contributed by atoms with van der Waals surface area (Å²) in [6.45, 7) is 7.26. The minimum Gasteiger partial charge on any atom is -0.497 e. The van der Waals surface area contributed by atoms with Gasteiger partial charge in [-0.1, -0.05) is 20.8 Å². The monoisotopic (exact) mass is 261 g/mol. The summed E-state index contributed by atoms with van der Waals surface area (Å²) in [5.41, 5.74) is 2.23. The highest BCUT2D eigenvalue weighted by Gasteiger charge is 2.11. The highest BCUT2D eigenvalue weighted by Crippen LogP contribution is 2.20. The van der Waals surface area contributed by atoms with Gasteiger partial charge in [0.2, 0.25) is 0 Å².